The minimum Gasteiger partial charge on any atom is -0.394 e. The first-order valence-electron chi connectivity index (χ1n) is 6.96. The van der Waals surface area contributed by atoms with Crippen LogP contribution in [-0.2, 0) is 9.47 Å². The van der Waals surface area contributed by atoms with Crippen LogP contribution < -0.4 is 11.3 Å². The Balaban J connectivity index is 1.99. The lowest BCUT2D eigenvalue weighted by molar-refractivity contribution is -0.0565. The number of ether oxygens (including phenoxy) is 2. The molecule has 0 spiro atoms. The van der Waals surface area contributed by atoms with E-state index < -0.39 is 30.1 Å². The molecule has 1 aliphatic heterocycles. The van der Waals surface area contributed by atoms with Crippen LogP contribution in [0.5, 0.6) is 0 Å². The van der Waals surface area contributed by atoms with Gasteiger partial charge in [-0.1, -0.05) is 6.08 Å². The van der Waals surface area contributed by atoms with Gasteiger partial charge in [0.05, 0.1) is 19.5 Å². The van der Waals surface area contributed by atoms with Crippen LogP contribution in [0.3, 0.4) is 0 Å². The van der Waals surface area contributed by atoms with Crippen molar-refractivity contribution in [2.75, 3.05) is 18.9 Å². The maximum Gasteiger partial charge on any atom is 0.280 e. The van der Waals surface area contributed by atoms with Gasteiger partial charge in [0.25, 0.3) is 5.56 Å². The lowest BCUT2D eigenvalue weighted by atomic mass is 10.1. The third kappa shape index (κ3) is 2.61. The molecule has 3 heterocycles. The Labute approximate surface area is 130 Å². The van der Waals surface area contributed by atoms with Gasteiger partial charge in [0.2, 0.25) is 5.95 Å². The van der Waals surface area contributed by atoms with Crippen LogP contribution in [0.1, 0.15) is 6.23 Å². The van der Waals surface area contributed by atoms with Gasteiger partial charge >= 0.3 is 0 Å². The predicted molar refractivity (Wildman–Crippen MR) is 79.5 cm³/mol. The summed E-state index contributed by atoms with van der Waals surface area (Å²) >= 11 is 0. The maximum atomic E-state index is 11.8. The molecule has 0 aromatic carbocycles. The largest absolute Gasteiger partial charge is 0.394 e. The minimum absolute atomic E-state index is 0.0742. The normalized spacial score (nSPS) is 27.6. The van der Waals surface area contributed by atoms with E-state index in [-0.39, 0.29) is 30.3 Å². The summed E-state index contributed by atoms with van der Waals surface area (Å²) in [5, 5.41) is 19.9. The molecule has 1 unspecified atom stereocenters. The first-order chi connectivity index (χ1) is 11.1. The number of aromatic nitrogens is 4. The van der Waals surface area contributed by atoms with Gasteiger partial charge in [-0.2, -0.15) is 4.98 Å². The predicted octanol–water partition coefficient (Wildman–Crippen LogP) is -1.48. The highest BCUT2D eigenvalue weighted by molar-refractivity contribution is 5.70. The molecule has 0 bridgehead atoms. The molecule has 1 fully saturated rings. The number of H-pyrrole nitrogens is 1. The fourth-order valence-corrected chi connectivity index (χ4v) is 2.61. The zero-order valence-corrected chi connectivity index (χ0v) is 12.1. The van der Waals surface area contributed by atoms with Crippen molar-refractivity contribution in [3.63, 3.8) is 0 Å². The van der Waals surface area contributed by atoms with Crippen LogP contribution >= 0.6 is 0 Å². The average Bonchev–Trinajstić information content (AvgIpc) is 3.06. The number of nitrogens with one attached hydrogen (secondary N) is 1. The van der Waals surface area contributed by atoms with Crippen molar-refractivity contribution in [2.45, 2.75) is 24.5 Å². The molecule has 124 valence electrons. The molecule has 10 heteroatoms. The van der Waals surface area contributed by atoms with Crippen LogP contribution in [0.15, 0.2) is 23.8 Å². The van der Waals surface area contributed by atoms with Crippen molar-refractivity contribution in [1.29, 1.82) is 0 Å². The molecule has 0 saturated carbocycles. The summed E-state index contributed by atoms with van der Waals surface area (Å²) in [4.78, 5) is 22.1. The molecule has 23 heavy (non-hydrogen) atoms. The Hall–Kier alpha value is -2.27. The quantitative estimate of drug-likeness (QED) is 0.487. The van der Waals surface area contributed by atoms with Gasteiger partial charge in [0.15, 0.2) is 17.4 Å². The van der Waals surface area contributed by atoms with Crippen molar-refractivity contribution in [1.82, 2.24) is 19.5 Å². The molecule has 2 aromatic heterocycles. The van der Waals surface area contributed by atoms with E-state index in [4.69, 9.17) is 15.2 Å². The topological polar surface area (TPSA) is 149 Å². The average molecular weight is 323 g/mol. The van der Waals surface area contributed by atoms with Gasteiger partial charge in [-0.05, 0) is 0 Å². The zero-order valence-electron chi connectivity index (χ0n) is 12.1. The summed E-state index contributed by atoms with van der Waals surface area (Å²) in [6.07, 6.45) is -0.632. The molecule has 5 N–H and O–H groups in total. The summed E-state index contributed by atoms with van der Waals surface area (Å²) in [6.45, 7) is 3.40. The molecule has 0 aliphatic carbocycles. The Morgan fingerprint density at radius 1 is 1.61 bits per heavy atom. The number of aromatic amines is 1. The maximum absolute atomic E-state index is 11.8. The van der Waals surface area contributed by atoms with E-state index in [1.165, 1.54) is 17.0 Å². The first kappa shape index (κ1) is 15.6. The van der Waals surface area contributed by atoms with Crippen molar-refractivity contribution < 1.29 is 19.7 Å². The molecule has 4 atom stereocenters. The van der Waals surface area contributed by atoms with E-state index in [9.17, 15) is 15.0 Å². The highest BCUT2D eigenvalue weighted by Gasteiger charge is 2.45. The van der Waals surface area contributed by atoms with Gasteiger partial charge in [-0.25, -0.2) is 4.98 Å². The van der Waals surface area contributed by atoms with E-state index in [0.717, 1.165) is 0 Å². The van der Waals surface area contributed by atoms with Gasteiger partial charge in [0.1, 0.15) is 18.3 Å². The smallest absolute Gasteiger partial charge is 0.280 e. The Kier molecular flexibility index (Phi) is 4.13. The van der Waals surface area contributed by atoms with Crippen LogP contribution in [0.2, 0.25) is 0 Å². The SMILES string of the molecule is C=CCO[C@@H]1C(O)[C@H](n2cnc3c(=O)[nH]c(N)nc32)O[C@@H]1CO. The van der Waals surface area contributed by atoms with E-state index in [1.807, 2.05) is 0 Å². The Bertz CT molecular complexity index is 772. The van der Waals surface area contributed by atoms with Crippen LogP contribution in [-0.4, -0.2) is 61.3 Å². The number of hydrogen-bond donors (Lipinski definition) is 4. The van der Waals surface area contributed by atoms with E-state index in [2.05, 4.69) is 21.5 Å². The molecule has 1 saturated heterocycles. The first-order valence-corrected chi connectivity index (χ1v) is 6.96. The van der Waals surface area contributed by atoms with Gasteiger partial charge in [0, 0.05) is 0 Å². The van der Waals surface area contributed by atoms with Gasteiger partial charge in [-0.3, -0.25) is 14.3 Å². The standard InChI is InChI=1S/C13H17N5O5/c1-2-3-22-9-6(4-19)23-12(8(9)20)18-5-15-7-10(18)16-13(14)17-11(7)21/h2,5-6,8-9,12,19-20H,1,3-4H2,(H3,14,16,17,21)/t6-,8?,9+,12-/m1/s1. The number of nitrogens with two attached hydrogens (primary N) is 1. The molecule has 2 aromatic rings. The second kappa shape index (κ2) is 6.08. The van der Waals surface area contributed by atoms with Gasteiger partial charge < -0.3 is 25.4 Å². The van der Waals surface area contributed by atoms with Crippen molar-refractivity contribution >= 4 is 17.1 Å². The summed E-state index contributed by atoms with van der Waals surface area (Å²) in [7, 11) is 0. The number of nitrogen functional groups attached to an aromatic ring is 1. The zero-order chi connectivity index (χ0) is 16.6. The van der Waals surface area contributed by atoms with Crippen LogP contribution in [0, 0.1) is 0 Å². The molecular weight excluding hydrogens is 306 g/mol. The minimum atomic E-state index is -1.09. The molecule has 0 radical (unpaired) electrons. The van der Waals surface area contributed by atoms with Crippen molar-refractivity contribution in [3.8, 4) is 0 Å². The Morgan fingerprint density at radius 3 is 3.09 bits per heavy atom. The fraction of sp³-hybridized carbons (Fsp3) is 0.462. The van der Waals surface area contributed by atoms with E-state index >= 15 is 0 Å². The third-order valence-electron chi connectivity index (χ3n) is 3.62. The summed E-state index contributed by atoms with van der Waals surface area (Å²) in [5.74, 6) is -0.0742. The molecule has 10 nitrogen and oxygen atoms in total. The number of aliphatic hydroxyl groups excluding tert-OH is 2. The van der Waals surface area contributed by atoms with E-state index in [1.54, 1.807) is 0 Å². The van der Waals surface area contributed by atoms with Crippen LogP contribution in [0.4, 0.5) is 5.95 Å². The highest BCUT2D eigenvalue weighted by Crippen LogP contribution is 2.32. The monoisotopic (exact) mass is 323 g/mol. The molecule has 0 amide bonds. The number of rotatable bonds is 5. The lowest BCUT2D eigenvalue weighted by Gasteiger charge is -2.19. The third-order valence-corrected chi connectivity index (χ3v) is 3.62. The highest BCUT2D eigenvalue weighted by atomic mass is 16.6. The van der Waals surface area contributed by atoms with Crippen molar-refractivity contribution in [2.24, 2.45) is 0 Å². The molecule has 1 aliphatic rings. The van der Waals surface area contributed by atoms with Crippen LogP contribution in [0.25, 0.3) is 11.2 Å². The summed E-state index contributed by atoms with van der Waals surface area (Å²) < 4.78 is 12.5. The number of fused-ring (bicyclic) bond motifs is 1. The number of aliphatic hydroxyl groups is 2. The lowest BCUT2D eigenvalue weighted by Crippen LogP contribution is -2.36. The molecular formula is C13H17N5O5. The summed E-state index contributed by atoms with van der Waals surface area (Å²) in [5.41, 5.74) is 5.31. The van der Waals surface area contributed by atoms with Gasteiger partial charge in [-0.15, -0.1) is 6.58 Å². The molecule has 3 rings (SSSR count). The number of imidazole rings is 1. The second-order valence-electron chi connectivity index (χ2n) is 5.10. The summed E-state index contributed by atoms with van der Waals surface area (Å²) in [6, 6.07) is 0. The second-order valence-corrected chi connectivity index (χ2v) is 5.10. The van der Waals surface area contributed by atoms with Crippen molar-refractivity contribution in [3.05, 3.63) is 29.3 Å². The Morgan fingerprint density at radius 2 is 2.39 bits per heavy atom. The fourth-order valence-electron chi connectivity index (χ4n) is 2.61. The number of anilines is 1. The van der Waals surface area contributed by atoms with E-state index in [0.29, 0.717) is 0 Å². The number of hydrogen-bond acceptors (Lipinski definition) is 8. The number of nitrogens with zero attached hydrogens (tertiary/aromatic N) is 3.